The van der Waals surface area contributed by atoms with Crippen LogP contribution in [0.4, 0.5) is 8.78 Å². The molecule has 4 heteroatoms. The Kier molecular flexibility index (Phi) is 2.04. The van der Waals surface area contributed by atoms with Crippen LogP contribution in [0.3, 0.4) is 0 Å². The van der Waals surface area contributed by atoms with Gasteiger partial charge in [0.05, 0.1) is 7.11 Å². The predicted octanol–water partition coefficient (Wildman–Crippen LogP) is 2.52. The molecule has 0 N–H and O–H groups in total. The second kappa shape index (κ2) is 3.21. The van der Waals surface area contributed by atoms with Gasteiger partial charge in [-0.3, -0.25) is 4.98 Å². The molecule has 0 unspecified atom stereocenters. The molecule has 72 valence electrons. The van der Waals surface area contributed by atoms with Crippen LogP contribution >= 0.6 is 0 Å². The van der Waals surface area contributed by atoms with Crippen molar-refractivity contribution in [2.75, 3.05) is 7.11 Å². The van der Waals surface area contributed by atoms with E-state index >= 15 is 0 Å². The summed E-state index contributed by atoms with van der Waals surface area (Å²) in [6, 6.07) is 3.04. The zero-order valence-electron chi connectivity index (χ0n) is 7.42. The topological polar surface area (TPSA) is 22.1 Å². The first-order valence-electron chi connectivity index (χ1n) is 3.99. The number of rotatable bonds is 1. The average molecular weight is 195 g/mol. The highest BCUT2D eigenvalue weighted by Crippen LogP contribution is 2.27. The van der Waals surface area contributed by atoms with E-state index in [0.717, 1.165) is 0 Å². The van der Waals surface area contributed by atoms with Crippen LogP contribution in [0.2, 0.25) is 0 Å². The number of nitrogens with zero attached hydrogens (tertiary/aromatic N) is 1. The Bertz CT molecular complexity index is 485. The standard InChI is InChI=1S/C10H7F2NO/c1-14-8-4-6-2-3-13-5-7(6)9(11)10(8)12/h2-5H,1H3. The van der Waals surface area contributed by atoms with E-state index < -0.39 is 11.6 Å². The lowest BCUT2D eigenvalue weighted by molar-refractivity contribution is 0.374. The van der Waals surface area contributed by atoms with Crippen molar-refractivity contribution in [2.24, 2.45) is 0 Å². The van der Waals surface area contributed by atoms with Crippen LogP contribution < -0.4 is 4.74 Å². The van der Waals surface area contributed by atoms with E-state index in [9.17, 15) is 8.78 Å². The van der Waals surface area contributed by atoms with Crippen molar-refractivity contribution in [3.8, 4) is 5.75 Å². The average Bonchev–Trinajstić information content (AvgIpc) is 2.23. The summed E-state index contributed by atoms with van der Waals surface area (Å²) < 4.78 is 31.3. The van der Waals surface area contributed by atoms with Crippen LogP contribution in [-0.4, -0.2) is 12.1 Å². The number of pyridine rings is 1. The fraction of sp³-hybridized carbons (Fsp3) is 0.100. The lowest BCUT2D eigenvalue weighted by Gasteiger charge is -2.05. The Hall–Kier alpha value is -1.71. The lowest BCUT2D eigenvalue weighted by Crippen LogP contribution is -1.93. The Morgan fingerprint density at radius 3 is 2.79 bits per heavy atom. The van der Waals surface area contributed by atoms with Gasteiger partial charge in [0.2, 0.25) is 5.82 Å². The number of benzene rings is 1. The largest absolute Gasteiger partial charge is 0.494 e. The van der Waals surface area contributed by atoms with Gasteiger partial charge in [-0.15, -0.1) is 0 Å². The first-order valence-corrected chi connectivity index (χ1v) is 3.99. The Morgan fingerprint density at radius 2 is 2.07 bits per heavy atom. The number of aromatic nitrogens is 1. The summed E-state index contributed by atoms with van der Waals surface area (Å²) >= 11 is 0. The fourth-order valence-electron chi connectivity index (χ4n) is 1.29. The number of halogens is 2. The highest BCUT2D eigenvalue weighted by atomic mass is 19.2. The highest BCUT2D eigenvalue weighted by molar-refractivity contribution is 5.83. The van der Waals surface area contributed by atoms with E-state index in [0.29, 0.717) is 5.39 Å². The molecular formula is C10H7F2NO. The summed E-state index contributed by atoms with van der Waals surface area (Å²) in [5.41, 5.74) is 0. The van der Waals surface area contributed by atoms with Crippen molar-refractivity contribution in [3.63, 3.8) is 0 Å². The van der Waals surface area contributed by atoms with Gasteiger partial charge in [0.15, 0.2) is 11.6 Å². The van der Waals surface area contributed by atoms with Gasteiger partial charge in [0, 0.05) is 17.8 Å². The fourth-order valence-corrected chi connectivity index (χ4v) is 1.29. The summed E-state index contributed by atoms with van der Waals surface area (Å²) in [5.74, 6) is -2.00. The molecule has 1 aromatic carbocycles. The van der Waals surface area contributed by atoms with Crippen LogP contribution in [0, 0.1) is 11.6 Å². The monoisotopic (exact) mass is 195 g/mol. The molecule has 1 aromatic heterocycles. The second-order valence-corrected chi connectivity index (χ2v) is 2.80. The van der Waals surface area contributed by atoms with Gasteiger partial charge in [0.25, 0.3) is 0 Å². The van der Waals surface area contributed by atoms with Crippen molar-refractivity contribution in [1.82, 2.24) is 4.98 Å². The summed E-state index contributed by atoms with van der Waals surface area (Å²) in [6.07, 6.45) is 2.80. The second-order valence-electron chi connectivity index (χ2n) is 2.80. The summed E-state index contributed by atoms with van der Waals surface area (Å²) in [6.45, 7) is 0. The van der Waals surface area contributed by atoms with Crippen LogP contribution in [0.5, 0.6) is 5.75 Å². The minimum absolute atomic E-state index is 0.0961. The minimum Gasteiger partial charge on any atom is -0.494 e. The van der Waals surface area contributed by atoms with Gasteiger partial charge in [-0.05, 0) is 17.5 Å². The van der Waals surface area contributed by atoms with Crippen LogP contribution in [0.25, 0.3) is 10.8 Å². The molecule has 0 aliphatic rings. The zero-order chi connectivity index (χ0) is 10.1. The first-order chi connectivity index (χ1) is 6.74. The molecule has 0 saturated carbocycles. The molecular weight excluding hydrogens is 188 g/mol. The molecule has 2 rings (SSSR count). The summed E-state index contributed by atoms with van der Waals surface area (Å²) in [5, 5.41) is 0.724. The highest BCUT2D eigenvalue weighted by Gasteiger charge is 2.13. The minimum atomic E-state index is -0.979. The third-order valence-corrected chi connectivity index (χ3v) is 2.01. The molecule has 0 saturated heterocycles. The van der Waals surface area contributed by atoms with E-state index in [1.807, 2.05) is 0 Å². The number of ether oxygens (including phenoxy) is 1. The predicted molar refractivity (Wildman–Crippen MR) is 48.2 cm³/mol. The molecule has 0 amide bonds. The van der Waals surface area contributed by atoms with E-state index in [1.54, 1.807) is 6.07 Å². The van der Waals surface area contributed by atoms with E-state index in [1.165, 1.54) is 25.6 Å². The maximum atomic E-state index is 13.4. The number of hydrogen-bond acceptors (Lipinski definition) is 2. The van der Waals surface area contributed by atoms with E-state index in [2.05, 4.69) is 4.98 Å². The quantitative estimate of drug-likeness (QED) is 0.697. The molecule has 0 radical (unpaired) electrons. The lowest BCUT2D eigenvalue weighted by atomic mass is 10.1. The summed E-state index contributed by atoms with van der Waals surface area (Å²) in [7, 11) is 1.30. The van der Waals surface area contributed by atoms with E-state index in [4.69, 9.17) is 4.74 Å². The number of hydrogen-bond donors (Lipinski definition) is 0. The molecule has 2 aromatic rings. The van der Waals surface area contributed by atoms with Crippen LogP contribution in [0.1, 0.15) is 0 Å². The maximum absolute atomic E-state index is 13.4. The van der Waals surface area contributed by atoms with Crippen molar-refractivity contribution in [3.05, 3.63) is 36.2 Å². The third kappa shape index (κ3) is 1.19. The Balaban J connectivity index is 2.85. The molecule has 0 aliphatic carbocycles. The third-order valence-electron chi connectivity index (χ3n) is 2.01. The Morgan fingerprint density at radius 1 is 1.29 bits per heavy atom. The molecule has 0 spiro atoms. The van der Waals surface area contributed by atoms with Crippen molar-refractivity contribution < 1.29 is 13.5 Å². The van der Waals surface area contributed by atoms with Gasteiger partial charge in [-0.25, -0.2) is 4.39 Å². The maximum Gasteiger partial charge on any atom is 0.201 e. The summed E-state index contributed by atoms with van der Waals surface area (Å²) in [4.78, 5) is 3.72. The van der Waals surface area contributed by atoms with Crippen LogP contribution in [-0.2, 0) is 0 Å². The first kappa shape index (κ1) is 8.87. The van der Waals surface area contributed by atoms with Gasteiger partial charge >= 0.3 is 0 Å². The molecule has 0 atom stereocenters. The Labute approximate surface area is 79.1 Å². The number of methoxy groups -OCH3 is 1. The SMILES string of the molecule is COc1cc2ccncc2c(F)c1F. The van der Waals surface area contributed by atoms with E-state index in [-0.39, 0.29) is 11.1 Å². The number of fused-ring (bicyclic) bond motifs is 1. The molecule has 0 bridgehead atoms. The zero-order valence-corrected chi connectivity index (χ0v) is 7.42. The normalized spacial score (nSPS) is 10.5. The smallest absolute Gasteiger partial charge is 0.201 e. The molecule has 0 aliphatic heterocycles. The molecule has 1 heterocycles. The molecule has 2 nitrogen and oxygen atoms in total. The van der Waals surface area contributed by atoms with Crippen molar-refractivity contribution >= 4 is 10.8 Å². The van der Waals surface area contributed by atoms with Crippen molar-refractivity contribution in [2.45, 2.75) is 0 Å². The van der Waals surface area contributed by atoms with Gasteiger partial charge in [-0.2, -0.15) is 4.39 Å². The van der Waals surface area contributed by atoms with Gasteiger partial charge in [-0.1, -0.05) is 0 Å². The van der Waals surface area contributed by atoms with Crippen molar-refractivity contribution in [1.29, 1.82) is 0 Å². The van der Waals surface area contributed by atoms with Crippen LogP contribution in [0.15, 0.2) is 24.5 Å². The molecule has 0 fully saturated rings. The molecule has 14 heavy (non-hydrogen) atoms. The van der Waals surface area contributed by atoms with Gasteiger partial charge in [0.1, 0.15) is 0 Å². The van der Waals surface area contributed by atoms with Gasteiger partial charge < -0.3 is 4.74 Å².